The molecule has 0 aliphatic heterocycles. The monoisotopic (exact) mass is 246 g/mol. The van der Waals surface area contributed by atoms with Crippen molar-refractivity contribution >= 4 is 11.7 Å². The van der Waals surface area contributed by atoms with Crippen LogP contribution in [0.1, 0.15) is 17.5 Å². The Morgan fingerprint density at radius 3 is 2.78 bits per heavy atom. The highest BCUT2D eigenvalue weighted by Crippen LogP contribution is 2.17. The van der Waals surface area contributed by atoms with Gasteiger partial charge in [0.15, 0.2) is 0 Å². The number of carbonyl (C=O) groups excluding carboxylic acids is 1. The van der Waals surface area contributed by atoms with Gasteiger partial charge >= 0.3 is 6.03 Å². The fraction of sp³-hybridized carbons (Fsp3) is 0.357. The van der Waals surface area contributed by atoms with E-state index in [0.29, 0.717) is 12.1 Å². The summed E-state index contributed by atoms with van der Waals surface area (Å²) in [5, 5.41) is 11.5. The average Bonchev–Trinajstić information content (AvgIpc) is 2.32. The van der Waals surface area contributed by atoms with Crippen LogP contribution in [0.4, 0.5) is 10.5 Å². The van der Waals surface area contributed by atoms with Crippen molar-refractivity contribution in [1.82, 2.24) is 4.90 Å². The molecule has 2 amide bonds. The third-order valence-corrected chi connectivity index (χ3v) is 2.28. The van der Waals surface area contributed by atoms with Crippen LogP contribution in [-0.4, -0.2) is 36.7 Å². The number of rotatable bonds is 2. The molecule has 0 radical (unpaired) electrons. The van der Waals surface area contributed by atoms with Crippen LogP contribution in [0, 0.1) is 18.8 Å². The van der Waals surface area contributed by atoms with Crippen LogP contribution in [0.2, 0.25) is 0 Å². The number of nitrogens with one attached hydrogen (secondary N) is 1. The molecule has 96 valence electrons. The van der Waals surface area contributed by atoms with Crippen LogP contribution >= 0.6 is 0 Å². The Morgan fingerprint density at radius 1 is 1.44 bits per heavy atom. The first-order valence-corrected chi connectivity index (χ1v) is 5.73. The van der Waals surface area contributed by atoms with Gasteiger partial charge in [-0.2, -0.15) is 0 Å². The van der Waals surface area contributed by atoms with Gasteiger partial charge in [-0.15, -0.1) is 0 Å². The summed E-state index contributed by atoms with van der Waals surface area (Å²) in [5.74, 6) is 5.79. The summed E-state index contributed by atoms with van der Waals surface area (Å²) in [6, 6.07) is 5.50. The van der Waals surface area contributed by atoms with Crippen LogP contribution < -0.4 is 5.32 Å². The summed E-state index contributed by atoms with van der Waals surface area (Å²) in [4.78, 5) is 13.1. The summed E-state index contributed by atoms with van der Waals surface area (Å²) in [6.45, 7) is 1.99. The van der Waals surface area contributed by atoms with Gasteiger partial charge in [0.2, 0.25) is 0 Å². The quantitative estimate of drug-likeness (QED) is 0.782. The maximum Gasteiger partial charge on any atom is 0.321 e. The van der Waals surface area contributed by atoms with E-state index in [4.69, 9.17) is 5.11 Å². The second kappa shape index (κ2) is 6.67. The van der Waals surface area contributed by atoms with Crippen molar-refractivity contribution < 1.29 is 9.90 Å². The van der Waals surface area contributed by atoms with Crippen LogP contribution in [-0.2, 0) is 0 Å². The van der Waals surface area contributed by atoms with E-state index < -0.39 is 0 Å². The molecule has 4 nitrogen and oxygen atoms in total. The molecule has 0 aliphatic carbocycles. The van der Waals surface area contributed by atoms with Gasteiger partial charge in [0, 0.05) is 26.1 Å². The van der Waals surface area contributed by atoms with Crippen molar-refractivity contribution in [3.63, 3.8) is 0 Å². The molecule has 0 unspecified atom stereocenters. The molecule has 0 fully saturated rings. The Kier molecular flexibility index (Phi) is 5.22. The lowest BCUT2D eigenvalue weighted by Gasteiger charge is -2.13. The molecular weight excluding hydrogens is 228 g/mol. The molecule has 0 aliphatic rings. The fourth-order valence-electron chi connectivity index (χ4n) is 1.31. The van der Waals surface area contributed by atoms with Crippen LogP contribution in [0.15, 0.2) is 18.2 Å². The number of aliphatic hydroxyl groups excluding tert-OH is 1. The Labute approximate surface area is 108 Å². The van der Waals surface area contributed by atoms with Gasteiger partial charge in [-0.3, -0.25) is 0 Å². The largest absolute Gasteiger partial charge is 0.395 e. The van der Waals surface area contributed by atoms with Crippen molar-refractivity contribution in [2.24, 2.45) is 0 Å². The van der Waals surface area contributed by atoms with Gasteiger partial charge in [-0.05, 0) is 24.6 Å². The van der Waals surface area contributed by atoms with Crippen molar-refractivity contribution in [3.8, 4) is 11.8 Å². The zero-order valence-electron chi connectivity index (χ0n) is 10.9. The molecule has 4 heteroatoms. The highest BCUT2D eigenvalue weighted by atomic mass is 16.2. The van der Waals surface area contributed by atoms with Gasteiger partial charge in [0.25, 0.3) is 0 Å². The number of hydrogen-bond acceptors (Lipinski definition) is 2. The first-order chi connectivity index (χ1) is 8.54. The minimum absolute atomic E-state index is 0.0399. The molecule has 2 N–H and O–H groups in total. The Balaban J connectivity index is 2.98. The molecule has 1 aromatic rings. The smallest absolute Gasteiger partial charge is 0.321 e. The van der Waals surface area contributed by atoms with Crippen molar-refractivity contribution in [1.29, 1.82) is 0 Å². The number of anilines is 1. The number of aliphatic hydroxyl groups is 1. The fourth-order valence-corrected chi connectivity index (χ4v) is 1.31. The maximum atomic E-state index is 11.6. The van der Waals surface area contributed by atoms with Crippen LogP contribution in [0.3, 0.4) is 0 Å². The number of urea groups is 1. The van der Waals surface area contributed by atoms with E-state index in [-0.39, 0.29) is 12.6 Å². The minimum atomic E-state index is -0.189. The van der Waals surface area contributed by atoms with Gasteiger partial charge in [-0.1, -0.05) is 17.9 Å². The number of amides is 2. The Bertz CT molecular complexity index is 484. The maximum absolute atomic E-state index is 11.6. The lowest BCUT2D eigenvalue weighted by molar-refractivity contribution is 0.230. The molecule has 1 rings (SSSR count). The Hall–Kier alpha value is -1.99. The van der Waals surface area contributed by atoms with E-state index in [9.17, 15) is 4.79 Å². The van der Waals surface area contributed by atoms with Crippen molar-refractivity contribution in [2.75, 3.05) is 26.0 Å². The number of carbonyl (C=O) groups is 1. The summed E-state index contributed by atoms with van der Waals surface area (Å²) >= 11 is 0. The summed E-state index contributed by atoms with van der Waals surface area (Å²) in [5.41, 5.74) is 2.50. The second-order valence-corrected chi connectivity index (χ2v) is 4.15. The van der Waals surface area contributed by atoms with Gasteiger partial charge < -0.3 is 15.3 Å². The van der Waals surface area contributed by atoms with Gasteiger partial charge in [-0.25, -0.2) is 4.79 Å². The van der Waals surface area contributed by atoms with Crippen molar-refractivity contribution in [3.05, 3.63) is 29.3 Å². The third kappa shape index (κ3) is 4.11. The summed E-state index contributed by atoms with van der Waals surface area (Å²) in [7, 11) is 3.37. The van der Waals surface area contributed by atoms with E-state index in [0.717, 1.165) is 11.1 Å². The second-order valence-electron chi connectivity index (χ2n) is 4.15. The van der Waals surface area contributed by atoms with Crippen molar-refractivity contribution in [2.45, 2.75) is 13.3 Å². The standard InChI is InChI=1S/C14H18N2O2/c1-11-7-8-12(6-4-5-9-17)13(10-11)15-14(18)16(2)3/h7-8,10,17H,5,9H2,1-3H3,(H,15,18). The number of aryl methyl sites for hydroxylation is 1. The molecule has 0 spiro atoms. The molecule has 18 heavy (non-hydrogen) atoms. The minimum Gasteiger partial charge on any atom is -0.395 e. The first-order valence-electron chi connectivity index (χ1n) is 5.73. The molecule has 1 aromatic carbocycles. The number of hydrogen-bond donors (Lipinski definition) is 2. The predicted octanol–water partition coefficient (Wildman–Crippen LogP) is 1.82. The van der Waals surface area contributed by atoms with Gasteiger partial charge in [0.05, 0.1) is 12.3 Å². The topological polar surface area (TPSA) is 52.6 Å². The lowest BCUT2D eigenvalue weighted by atomic mass is 10.1. The van der Waals surface area contributed by atoms with Crippen LogP contribution in [0.5, 0.6) is 0 Å². The van der Waals surface area contributed by atoms with Gasteiger partial charge in [0.1, 0.15) is 0 Å². The normalized spacial score (nSPS) is 9.33. The lowest BCUT2D eigenvalue weighted by Crippen LogP contribution is -2.27. The molecule has 0 aromatic heterocycles. The van der Waals surface area contributed by atoms with E-state index in [2.05, 4.69) is 17.2 Å². The molecule has 0 saturated heterocycles. The Morgan fingerprint density at radius 2 is 2.17 bits per heavy atom. The summed E-state index contributed by atoms with van der Waals surface area (Å²) < 4.78 is 0. The highest BCUT2D eigenvalue weighted by molar-refractivity contribution is 5.90. The third-order valence-electron chi connectivity index (χ3n) is 2.28. The van der Waals surface area contributed by atoms with E-state index >= 15 is 0 Å². The van der Waals surface area contributed by atoms with Crippen LogP contribution in [0.25, 0.3) is 0 Å². The van der Waals surface area contributed by atoms with E-state index in [1.807, 2.05) is 25.1 Å². The zero-order valence-corrected chi connectivity index (χ0v) is 10.9. The molecule has 0 saturated carbocycles. The first kappa shape index (κ1) is 14.1. The average molecular weight is 246 g/mol. The zero-order chi connectivity index (χ0) is 13.5. The molecule has 0 atom stereocenters. The molecular formula is C14H18N2O2. The molecule has 0 bridgehead atoms. The number of nitrogens with zero attached hydrogens (tertiary/aromatic N) is 1. The predicted molar refractivity (Wildman–Crippen MR) is 72.5 cm³/mol. The van der Waals surface area contributed by atoms with E-state index in [1.165, 1.54) is 4.90 Å². The van der Waals surface area contributed by atoms with E-state index in [1.54, 1.807) is 14.1 Å². The SMILES string of the molecule is Cc1ccc(C#CCCO)c(NC(=O)N(C)C)c1. The number of benzene rings is 1. The molecule has 0 heterocycles. The highest BCUT2D eigenvalue weighted by Gasteiger charge is 2.07. The summed E-state index contributed by atoms with van der Waals surface area (Å²) in [6.07, 6.45) is 0.426.